The number of carbonyl (C=O) groups excluding carboxylic acids is 1. The van der Waals surface area contributed by atoms with Crippen molar-refractivity contribution in [1.82, 2.24) is 0 Å². The highest BCUT2D eigenvalue weighted by Gasteiger charge is 2.12. The second kappa shape index (κ2) is 4.91. The first kappa shape index (κ1) is 11.7. The van der Waals surface area contributed by atoms with Crippen LogP contribution in [-0.2, 0) is 17.6 Å². The molecule has 1 rings (SSSR count). The SMILES string of the molecule is CCc1cc(F)c(OC)c(CC(C)=O)c1. The van der Waals surface area contributed by atoms with Crippen LogP contribution in [0.3, 0.4) is 0 Å². The Balaban J connectivity index is 3.19. The number of Topliss-reactive ketones (excluding diaryl/α,β-unsaturated/α-hetero) is 1. The van der Waals surface area contributed by atoms with Crippen LogP contribution in [0.25, 0.3) is 0 Å². The van der Waals surface area contributed by atoms with Gasteiger partial charge in [-0.25, -0.2) is 4.39 Å². The maximum absolute atomic E-state index is 13.5. The Morgan fingerprint density at radius 2 is 2.13 bits per heavy atom. The summed E-state index contributed by atoms with van der Waals surface area (Å²) in [4.78, 5) is 11.0. The van der Waals surface area contributed by atoms with Crippen LogP contribution < -0.4 is 4.74 Å². The molecule has 3 heteroatoms. The minimum atomic E-state index is -0.395. The average molecular weight is 210 g/mol. The molecule has 0 aliphatic carbocycles. The average Bonchev–Trinajstić information content (AvgIpc) is 2.16. The number of aryl methyl sites for hydroxylation is 1. The van der Waals surface area contributed by atoms with Crippen molar-refractivity contribution in [2.24, 2.45) is 0 Å². The lowest BCUT2D eigenvalue weighted by molar-refractivity contribution is -0.116. The Morgan fingerprint density at radius 1 is 1.47 bits per heavy atom. The summed E-state index contributed by atoms with van der Waals surface area (Å²) in [6, 6.07) is 3.27. The minimum Gasteiger partial charge on any atom is -0.493 e. The number of hydrogen-bond acceptors (Lipinski definition) is 2. The van der Waals surface area contributed by atoms with Gasteiger partial charge >= 0.3 is 0 Å². The lowest BCUT2D eigenvalue weighted by atomic mass is 10.0. The quantitative estimate of drug-likeness (QED) is 0.763. The fraction of sp³-hybridized carbons (Fsp3) is 0.417. The Hall–Kier alpha value is -1.38. The lowest BCUT2D eigenvalue weighted by Crippen LogP contribution is -2.02. The van der Waals surface area contributed by atoms with Gasteiger partial charge in [-0.2, -0.15) is 0 Å². The molecular weight excluding hydrogens is 195 g/mol. The molecule has 0 aliphatic heterocycles. The number of rotatable bonds is 4. The predicted octanol–water partition coefficient (Wildman–Crippen LogP) is 2.53. The first-order valence-corrected chi connectivity index (χ1v) is 4.93. The van der Waals surface area contributed by atoms with E-state index >= 15 is 0 Å². The summed E-state index contributed by atoms with van der Waals surface area (Å²) < 4.78 is 18.5. The van der Waals surface area contributed by atoms with Crippen molar-refractivity contribution < 1.29 is 13.9 Å². The Bertz CT molecular complexity index is 372. The molecule has 1 aromatic carbocycles. The van der Waals surface area contributed by atoms with Crippen molar-refractivity contribution in [3.8, 4) is 5.75 Å². The zero-order valence-corrected chi connectivity index (χ0v) is 9.26. The third-order valence-corrected chi connectivity index (χ3v) is 2.23. The second-order valence-electron chi connectivity index (χ2n) is 3.50. The molecule has 0 amide bonds. The molecule has 0 fully saturated rings. The molecule has 0 saturated carbocycles. The van der Waals surface area contributed by atoms with Crippen LogP contribution in [0, 0.1) is 5.82 Å². The fourth-order valence-electron chi connectivity index (χ4n) is 1.54. The molecule has 0 N–H and O–H groups in total. The number of ether oxygens (including phenoxy) is 1. The van der Waals surface area contributed by atoms with Gasteiger partial charge in [-0.05, 0) is 25.0 Å². The zero-order valence-electron chi connectivity index (χ0n) is 9.26. The van der Waals surface area contributed by atoms with E-state index in [0.717, 1.165) is 12.0 Å². The molecule has 0 aliphatic rings. The summed E-state index contributed by atoms with van der Waals surface area (Å²) in [7, 11) is 1.41. The predicted molar refractivity (Wildman–Crippen MR) is 56.7 cm³/mol. The van der Waals surface area contributed by atoms with E-state index in [9.17, 15) is 9.18 Å². The summed E-state index contributed by atoms with van der Waals surface area (Å²) >= 11 is 0. The van der Waals surface area contributed by atoms with Crippen LogP contribution in [0.4, 0.5) is 4.39 Å². The van der Waals surface area contributed by atoms with E-state index in [1.54, 1.807) is 0 Å². The third-order valence-electron chi connectivity index (χ3n) is 2.23. The third kappa shape index (κ3) is 2.78. The van der Waals surface area contributed by atoms with Gasteiger partial charge in [-0.3, -0.25) is 4.79 Å². The molecular formula is C12H15FO2. The summed E-state index contributed by atoms with van der Waals surface area (Å²) in [5.74, 6) is -0.212. The monoisotopic (exact) mass is 210 g/mol. The molecule has 0 atom stereocenters. The van der Waals surface area contributed by atoms with Crippen molar-refractivity contribution in [3.05, 3.63) is 29.1 Å². The van der Waals surface area contributed by atoms with E-state index in [1.165, 1.54) is 20.1 Å². The van der Waals surface area contributed by atoms with Crippen molar-refractivity contribution in [1.29, 1.82) is 0 Å². The number of carbonyl (C=O) groups is 1. The van der Waals surface area contributed by atoms with Gasteiger partial charge in [-0.1, -0.05) is 13.0 Å². The van der Waals surface area contributed by atoms with Crippen LogP contribution in [0.1, 0.15) is 25.0 Å². The summed E-state index contributed by atoms with van der Waals surface area (Å²) in [6.45, 7) is 3.43. The standard InChI is InChI=1S/C12H15FO2/c1-4-9-6-10(5-8(2)14)12(15-3)11(13)7-9/h6-7H,4-5H2,1-3H3. The molecule has 0 spiro atoms. The summed E-state index contributed by atoms with van der Waals surface area (Å²) in [5.41, 5.74) is 1.51. The lowest BCUT2D eigenvalue weighted by Gasteiger charge is -2.10. The van der Waals surface area contributed by atoms with E-state index in [0.29, 0.717) is 5.56 Å². The van der Waals surface area contributed by atoms with Crippen LogP contribution >= 0.6 is 0 Å². The van der Waals surface area contributed by atoms with E-state index in [-0.39, 0.29) is 18.0 Å². The first-order valence-electron chi connectivity index (χ1n) is 4.93. The number of benzene rings is 1. The molecule has 82 valence electrons. The van der Waals surface area contributed by atoms with Crippen molar-refractivity contribution in [2.75, 3.05) is 7.11 Å². The van der Waals surface area contributed by atoms with E-state index in [1.807, 2.05) is 13.0 Å². The first-order chi connectivity index (χ1) is 7.08. The van der Waals surface area contributed by atoms with Crippen LogP contribution in [-0.4, -0.2) is 12.9 Å². The molecule has 0 saturated heterocycles. The van der Waals surface area contributed by atoms with E-state index in [4.69, 9.17) is 4.74 Å². The maximum atomic E-state index is 13.5. The largest absolute Gasteiger partial charge is 0.493 e. The number of hydrogen-bond donors (Lipinski definition) is 0. The van der Waals surface area contributed by atoms with Crippen molar-refractivity contribution in [2.45, 2.75) is 26.7 Å². The van der Waals surface area contributed by atoms with Crippen molar-refractivity contribution in [3.63, 3.8) is 0 Å². The van der Waals surface area contributed by atoms with Crippen LogP contribution in [0.5, 0.6) is 5.75 Å². The van der Waals surface area contributed by atoms with Gasteiger partial charge in [0, 0.05) is 12.0 Å². The van der Waals surface area contributed by atoms with Gasteiger partial charge < -0.3 is 4.74 Å². The maximum Gasteiger partial charge on any atom is 0.165 e. The van der Waals surface area contributed by atoms with Crippen LogP contribution in [0.15, 0.2) is 12.1 Å². The van der Waals surface area contributed by atoms with Gasteiger partial charge in [0.2, 0.25) is 0 Å². The molecule has 0 bridgehead atoms. The topological polar surface area (TPSA) is 26.3 Å². The van der Waals surface area contributed by atoms with Gasteiger partial charge in [0.1, 0.15) is 5.78 Å². The van der Waals surface area contributed by atoms with E-state index < -0.39 is 5.82 Å². The molecule has 2 nitrogen and oxygen atoms in total. The van der Waals surface area contributed by atoms with Gasteiger partial charge in [0.25, 0.3) is 0 Å². The van der Waals surface area contributed by atoms with Gasteiger partial charge in [-0.15, -0.1) is 0 Å². The smallest absolute Gasteiger partial charge is 0.165 e. The van der Waals surface area contributed by atoms with Gasteiger partial charge in [0.15, 0.2) is 11.6 Å². The molecule has 0 aromatic heterocycles. The zero-order chi connectivity index (χ0) is 11.4. The number of halogens is 1. The minimum absolute atomic E-state index is 0.000882. The number of ketones is 1. The Labute approximate surface area is 89.1 Å². The molecule has 0 radical (unpaired) electrons. The van der Waals surface area contributed by atoms with Gasteiger partial charge in [0.05, 0.1) is 7.11 Å². The Morgan fingerprint density at radius 3 is 2.60 bits per heavy atom. The highest BCUT2D eigenvalue weighted by Crippen LogP contribution is 2.25. The van der Waals surface area contributed by atoms with Crippen molar-refractivity contribution >= 4 is 5.78 Å². The summed E-state index contributed by atoms with van der Waals surface area (Å²) in [5, 5.41) is 0. The van der Waals surface area contributed by atoms with E-state index in [2.05, 4.69) is 0 Å². The molecule has 1 aromatic rings. The number of methoxy groups -OCH3 is 1. The second-order valence-corrected chi connectivity index (χ2v) is 3.50. The normalized spacial score (nSPS) is 10.1. The molecule has 15 heavy (non-hydrogen) atoms. The highest BCUT2D eigenvalue weighted by molar-refractivity contribution is 5.79. The summed E-state index contributed by atoms with van der Waals surface area (Å²) in [6.07, 6.45) is 0.958. The highest BCUT2D eigenvalue weighted by atomic mass is 19.1. The van der Waals surface area contributed by atoms with Crippen LogP contribution in [0.2, 0.25) is 0 Å². The molecule has 0 unspecified atom stereocenters. The fourth-order valence-corrected chi connectivity index (χ4v) is 1.54. The Kier molecular flexibility index (Phi) is 3.83. The molecule has 0 heterocycles.